The van der Waals surface area contributed by atoms with Crippen molar-refractivity contribution < 1.29 is 0 Å². The molecule has 1 N–H and O–H groups in total. The van der Waals surface area contributed by atoms with Crippen LogP contribution in [0.1, 0.15) is 12.6 Å². The molecule has 0 amide bonds. The van der Waals surface area contributed by atoms with Gasteiger partial charge in [-0.15, -0.1) is 6.58 Å². The topological polar surface area (TPSA) is 42.2 Å². The van der Waals surface area contributed by atoms with Crippen molar-refractivity contribution in [2.45, 2.75) is 19.5 Å². The van der Waals surface area contributed by atoms with Crippen LogP contribution in [0.2, 0.25) is 0 Å². The summed E-state index contributed by atoms with van der Waals surface area (Å²) >= 11 is 0. The molecule has 0 bridgehead atoms. The molecule has 2 aromatic heterocycles. The standard InChI is InChI=1S/C11H14N4/c1-3-9(2)13-6-10-7-14-11-8-12-4-5-15(10)11/h3-5,7-9,13H,1,6H2,2H3. The fourth-order valence-electron chi connectivity index (χ4n) is 1.37. The SMILES string of the molecule is C=CC(C)NCc1cnc2cnccn12. The number of aromatic nitrogens is 3. The van der Waals surface area contributed by atoms with Gasteiger partial charge >= 0.3 is 0 Å². The smallest absolute Gasteiger partial charge is 0.155 e. The maximum atomic E-state index is 4.26. The van der Waals surface area contributed by atoms with E-state index in [1.807, 2.05) is 22.9 Å². The van der Waals surface area contributed by atoms with E-state index < -0.39 is 0 Å². The molecule has 2 heterocycles. The summed E-state index contributed by atoms with van der Waals surface area (Å²) in [5, 5.41) is 3.33. The van der Waals surface area contributed by atoms with Gasteiger partial charge in [0.1, 0.15) is 0 Å². The Labute approximate surface area is 88.7 Å². The second-order valence-corrected chi connectivity index (χ2v) is 3.46. The van der Waals surface area contributed by atoms with Crippen LogP contribution < -0.4 is 5.32 Å². The monoisotopic (exact) mass is 202 g/mol. The molecule has 0 aromatic carbocycles. The van der Waals surface area contributed by atoms with Gasteiger partial charge in [-0.1, -0.05) is 6.08 Å². The third-order valence-corrected chi connectivity index (χ3v) is 2.35. The highest BCUT2D eigenvalue weighted by Gasteiger charge is 2.02. The van der Waals surface area contributed by atoms with Gasteiger partial charge in [0.2, 0.25) is 0 Å². The zero-order valence-electron chi connectivity index (χ0n) is 8.72. The van der Waals surface area contributed by atoms with E-state index in [1.54, 1.807) is 12.4 Å². The summed E-state index contributed by atoms with van der Waals surface area (Å²) in [6.45, 7) is 6.57. The summed E-state index contributed by atoms with van der Waals surface area (Å²) in [6.07, 6.45) is 9.16. The molecule has 2 aromatic rings. The van der Waals surface area contributed by atoms with Gasteiger partial charge in [-0.2, -0.15) is 0 Å². The Balaban J connectivity index is 2.18. The van der Waals surface area contributed by atoms with Crippen molar-refractivity contribution >= 4 is 5.65 Å². The molecule has 0 radical (unpaired) electrons. The lowest BCUT2D eigenvalue weighted by molar-refractivity contribution is 0.621. The summed E-state index contributed by atoms with van der Waals surface area (Å²) in [5.74, 6) is 0. The normalized spacial score (nSPS) is 12.9. The van der Waals surface area contributed by atoms with E-state index in [4.69, 9.17) is 0 Å². The van der Waals surface area contributed by atoms with Crippen molar-refractivity contribution in [3.05, 3.63) is 43.1 Å². The highest BCUT2D eigenvalue weighted by molar-refractivity contribution is 5.36. The van der Waals surface area contributed by atoms with Crippen LogP contribution in [0.5, 0.6) is 0 Å². The van der Waals surface area contributed by atoms with Gasteiger partial charge in [-0.25, -0.2) is 4.98 Å². The molecular formula is C11H14N4. The zero-order valence-corrected chi connectivity index (χ0v) is 8.72. The Bertz CT molecular complexity index is 460. The largest absolute Gasteiger partial charge is 0.305 e. The van der Waals surface area contributed by atoms with Crippen LogP contribution in [0.3, 0.4) is 0 Å². The van der Waals surface area contributed by atoms with Crippen molar-refractivity contribution in [3.63, 3.8) is 0 Å². The Morgan fingerprint density at radius 1 is 1.60 bits per heavy atom. The van der Waals surface area contributed by atoms with Gasteiger partial charge in [0.25, 0.3) is 0 Å². The van der Waals surface area contributed by atoms with Crippen molar-refractivity contribution in [3.8, 4) is 0 Å². The third-order valence-electron chi connectivity index (χ3n) is 2.35. The summed E-state index contributed by atoms with van der Waals surface area (Å²) in [7, 11) is 0. The summed E-state index contributed by atoms with van der Waals surface area (Å²) in [4.78, 5) is 8.27. The maximum absolute atomic E-state index is 4.26. The molecule has 15 heavy (non-hydrogen) atoms. The van der Waals surface area contributed by atoms with E-state index in [9.17, 15) is 0 Å². The van der Waals surface area contributed by atoms with Gasteiger partial charge in [-0.3, -0.25) is 9.38 Å². The fourth-order valence-corrected chi connectivity index (χ4v) is 1.37. The van der Waals surface area contributed by atoms with Crippen LogP contribution >= 0.6 is 0 Å². The first-order valence-corrected chi connectivity index (χ1v) is 4.93. The predicted octanol–water partition coefficient (Wildman–Crippen LogP) is 1.39. The minimum atomic E-state index is 0.303. The van der Waals surface area contributed by atoms with Crippen LogP contribution in [0, 0.1) is 0 Å². The Morgan fingerprint density at radius 2 is 2.47 bits per heavy atom. The van der Waals surface area contributed by atoms with Gasteiger partial charge < -0.3 is 5.32 Å². The third kappa shape index (κ3) is 2.05. The highest BCUT2D eigenvalue weighted by Crippen LogP contribution is 2.04. The van der Waals surface area contributed by atoms with E-state index >= 15 is 0 Å². The number of nitrogens with one attached hydrogen (secondary N) is 1. The first kappa shape index (κ1) is 9.86. The summed E-state index contributed by atoms with van der Waals surface area (Å²) in [5.41, 5.74) is 2.00. The van der Waals surface area contributed by atoms with Gasteiger partial charge in [0, 0.05) is 25.0 Å². The maximum Gasteiger partial charge on any atom is 0.155 e. The lowest BCUT2D eigenvalue weighted by atomic mass is 10.3. The van der Waals surface area contributed by atoms with Gasteiger partial charge in [0.05, 0.1) is 18.1 Å². The minimum Gasteiger partial charge on any atom is -0.305 e. The van der Waals surface area contributed by atoms with Crippen molar-refractivity contribution in [1.29, 1.82) is 0 Å². The molecule has 1 atom stereocenters. The molecule has 4 heteroatoms. The number of fused-ring (bicyclic) bond motifs is 1. The number of nitrogens with zero attached hydrogens (tertiary/aromatic N) is 3. The quantitative estimate of drug-likeness (QED) is 0.762. The Hall–Kier alpha value is -1.68. The lowest BCUT2D eigenvalue weighted by Crippen LogP contribution is -2.23. The van der Waals surface area contributed by atoms with Crippen LogP contribution in [0.4, 0.5) is 0 Å². The molecule has 0 aliphatic rings. The average Bonchev–Trinajstić information content (AvgIpc) is 2.69. The van der Waals surface area contributed by atoms with Crippen LogP contribution in [-0.4, -0.2) is 20.4 Å². The Kier molecular flexibility index (Phi) is 2.78. The van der Waals surface area contributed by atoms with Crippen molar-refractivity contribution in [2.24, 2.45) is 0 Å². The predicted molar refractivity (Wildman–Crippen MR) is 59.5 cm³/mol. The average molecular weight is 202 g/mol. The van der Waals surface area contributed by atoms with Gasteiger partial charge in [-0.05, 0) is 6.92 Å². The molecule has 78 valence electrons. The number of hydrogen-bond donors (Lipinski definition) is 1. The van der Waals surface area contributed by atoms with E-state index in [-0.39, 0.29) is 0 Å². The lowest BCUT2D eigenvalue weighted by Gasteiger charge is -2.08. The molecule has 0 saturated carbocycles. The number of imidazole rings is 1. The highest BCUT2D eigenvalue weighted by atomic mass is 15.0. The molecule has 0 fully saturated rings. The van der Waals surface area contributed by atoms with Crippen LogP contribution in [-0.2, 0) is 6.54 Å². The molecule has 0 aliphatic heterocycles. The van der Waals surface area contributed by atoms with Crippen molar-refractivity contribution in [1.82, 2.24) is 19.7 Å². The first-order chi connectivity index (χ1) is 7.31. The minimum absolute atomic E-state index is 0.303. The summed E-state index contributed by atoms with van der Waals surface area (Å²) in [6, 6.07) is 0.303. The number of rotatable bonds is 4. The summed E-state index contributed by atoms with van der Waals surface area (Å²) < 4.78 is 2.02. The molecule has 0 aliphatic carbocycles. The first-order valence-electron chi connectivity index (χ1n) is 4.93. The molecular weight excluding hydrogens is 188 g/mol. The van der Waals surface area contributed by atoms with Crippen molar-refractivity contribution in [2.75, 3.05) is 0 Å². The van der Waals surface area contributed by atoms with E-state index in [2.05, 4.69) is 28.8 Å². The molecule has 4 nitrogen and oxygen atoms in total. The van der Waals surface area contributed by atoms with E-state index in [0.717, 1.165) is 17.9 Å². The fraction of sp³-hybridized carbons (Fsp3) is 0.273. The molecule has 1 unspecified atom stereocenters. The van der Waals surface area contributed by atoms with Crippen LogP contribution in [0.15, 0.2) is 37.4 Å². The van der Waals surface area contributed by atoms with E-state index in [1.165, 1.54) is 0 Å². The van der Waals surface area contributed by atoms with Gasteiger partial charge in [0.15, 0.2) is 5.65 Å². The Morgan fingerprint density at radius 3 is 3.27 bits per heavy atom. The molecule has 0 spiro atoms. The zero-order chi connectivity index (χ0) is 10.7. The second kappa shape index (κ2) is 4.23. The molecule has 0 saturated heterocycles. The van der Waals surface area contributed by atoms with Crippen LogP contribution in [0.25, 0.3) is 5.65 Å². The second-order valence-electron chi connectivity index (χ2n) is 3.46. The molecule has 2 rings (SSSR count). The number of hydrogen-bond acceptors (Lipinski definition) is 3. The van der Waals surface area contributed by atoms with E-state index in [0.29, 0.717) is 6.04 Å².